The fourth-order valence-corrected chi connectivity index (χ4v) is 4.90. The predicted octanol–water partition coefficient (Wildman–Crippen LogP) is 4.64. The van der Waals surface area contributed by atoms with Crippen LogP contribution in [-0.4, -0.2) is 19.6 Å². The molecule has 0 aromatic heterocycles. The molecular weight excluding hydrogens is 264 g/mol. The van der Waals surface area contributed by atoms with Crippen molar-refractivity contribution in [2.75, 3.05) is 0 Å². The first kappa shape index (κ1) is 15.8. The lowest BCUT2D eigenvalue weighted by Crippen LogP contribution is -2.35. The van der Waals surface area contributed by atoms with Crippen molar-refractivity contribution >= 4 is 14.0 Å². The van der Waals surface area contributed by atoms with Gasteiger partial charge in [-0.1, -0.05) is 44.3 Å². The third kappa shape index (κ3) is 3.75. The van der Waals surface area contributed by atoms with Crippen molar-refractivity contribution in [3.05, 3.63) is 12.2 Å². The Labute approximate surface area is 125 Å². The topological polar surface area (TPSA) is 26.3 Å². The molecule has 3 heteroatoms. The number of esters is 1. The highest BCUT2D eigenvalue weighted by atomic mass is 28.3. The van der Waals surface area contributed by atoms with Gasteiger partial charge in [-0.15, -0.1) is 0 Å². The number of allylic oxidation sites excluding steroid dienone is 2. The van der Waals surface area contributed by atoms with Gasteiger partial charge in [-0.2, -0.15) is 0 Å². The van der Waals surface area contributed by atoms with Crippen molar-refractivity contribution in [2.24, 2.45) is 17.8 Å². The standard InChI is InChI=1S/C17H30O2Si/c1-6-20(4,5)10-9-17(2,3)19-16(18)15-12-13-7-8-14(15)11-13/h7-8,13-15H,6,9-12H2,1-5H3. The summed E-state index contributed by atoms with van der Waals surface area (Å²) < 4.78 is 5.86. The highest BCUT2D eigenvalue weighted by molar-refractivity contribution is 6.77. The zero-order valence-electron chi connectivity index (χ0n) is 13.7. The maximum absolute atomic E-state index is 12.4. The van der Waals surface area contributed by atoms with E-state index in [4.69, 9.17) is 4.74 Å². The van der Waals surface area contributed by atoms with Gasteiger partial charge in [0, 0.05) is 8.07 Å². The van der Waals surface area contributed by atoms with Gasteiger partial charge in [-0.05, 0) is 44.9 Å². The van der Waals surface area contributed by atoms with Crippen LogP contribution in [0.1, 0.15) is 40.0 Å². The average molecular weight is 295 g/mol. The normalized spacial score (nSPS) is 28.9. The average Bonchev–Trinajstić information content (AvgIpc) is 2.98. The summed E-state index contributed by atoms with van der Waals surface area (Å²) in [5, 5.41) is 0. The second-order valence-electron chi connectivity index (χ2n) is 8.09. The molecule has 2 nitrogen and oxygen atoms in total. The third-order valence-corrected chi connectivity index (χ3v) is 8.84. The Morgan fingerprint density at radius 3 is 2.50 bits per heavy atom. The molecule has 20 heavy (non-hydrogen) atoms. The van der Waals surface area contributed by atoms with Crippen molar-refractivity contribution in [2.45, 2.75) is 70.8 Å². The summed E-state index contributed by atoms with van der Waals surface area (Å²) in [6.45, 7) is 11.3. The largest absolute Gasteiger partial charge is 0.459 e. The van der Waals surface area contributed by atoms with Gasteiger partial charge in [-0.25, -0.2) is 0 Å². The van der Waals surface area contributed by atoms with Crippen LogP contribution < -0.4 is 0 Å². The molecule has 0 spiro atoms. The molecule has 2 bridgehead atoms. The maximum atomic E-state index is 12.4. The maximum Gasteiger partial charge on any atom is 0.310 e. The van der Waals surface area contributed by atoms with Gasteiger partial charge in [0.05, 0.1) is 5.92 Å². The molecule has 0 radical (unpaired) electrons. The number of carbonyl (C=O) groups is 1. The van der Waals surface area contributed by atoms with Crippen LogP contribution in [0.15, 0.2) is 12.2 Å². The number of fused-ring (bicyclic) bond motifs is 2. The molecule has 1 saturated carbocycles. The minimum absolute atomic E-state index is 0.0443. The Balaban J connectivity index is 1.85. The van der Waals surface area contributed by atoms with Gasteiger partial charge in [0.2, 0.25) is 0 Å². The van der Waals surface area contributed by atoms with Gasteiger partial charge in [0.25, 0.3) is 0 Å². The first-order chi connectivity index (χ1) is 9.22. The SMILES string of the molecule is CC[Si](C)(C)CCC(C)(C)OC(=O)C1CC2C=CC1C2. The lowest BCUT2D eigenvalue weighted by atomic mass is 9.93. The van der Waals surface area contributed by atoms with Gasteiger partial charge in [0.1, 0.15) is 5.60 Å². The Bertz CT molecular complexity index is 398. The van der Waals surface area contributed by atoms with Crippen LogP contribution >= 0.6 is 0 Å². The highest BCUT2D eigenvalue weighted by Crippen LogP contribution is 2.44. The molecule has 0 aromatic carbocycles. The molecule has 0 N–H and O–H groups in total. The summed E-state index contributed by atoms with van der Waals surface area (Å²) in [4.78, 5) is 12.4. The van der Waals surface area contributed by atoms with Crippen LogP contribution in [0.25, 0.3) is 0 Å². The molecular formula is C17H30O2Si. The Morgan fingerprint density at radius 2 is 2.00 bits per heavy atom. The van der Waals surface area contributed by atoms with Gasteiger partial charge >= 0.3 is 5.97 Å². The van der Waals surface area contributed by atoms with E-state index in [-0.39, 0.29) is 17.5 Å². The Morgan fingerprint density at radius 1 is 1.30 bits per heavy atom. The summed E-state index contributed by atoms with van der Waals surface area (Å²) in [5.41, 5.74) is -0.304. The summed E-state index contributed by atoms with van der Waals surface area (Å²) in [7, 11) is -1.09. The van der Waals surface area contributed by atoms with Gasteiger partial charge in [0.15, 0.2) is 0 Å². The molecule has 3 atom stereocenters. The summed E-state index contributed by atoms with van der Waals surface area (Å²) in [5.74, 6) is 1.25. The van der Waals surface area contributed by atoms with E-state index >= 15 is 0 Å². The number of carbonyl (C=O) groups excluding carboxylic acids is 1. The molecule has 114 valence electrons. The minimum atomic E-state index is -1.09. The van der Waals surface area contributed by atoms with E-state index in [0.29, 0.717) is 11.8 Å². The summed E-state index contributed by atoms with van der Waals surface area (Å²) in [6, 6.07) is 2.54. The number of hydrogen-bond donors (Lipinski definition) is 0. The zero-order chi connectivity index (χ0) is 15.0. The molecule has 3 unspecified atom stereocenters. The van der Waals surface area contributed by atoms with E-state index in [2.05, 4.69) is 46.0 Å². The van der Waals surface area contributed by atoms with Crippen molar-refractivity contribution in [3.8, 4) is 0 Å². The lowest BCUT2D eigenvalue weighted by molar-refractivity contribution is -0.162. The Kier molecular flexibility index (Phi) is 4.48. The molecule has 0 saturated heterocycles. The molecule has 1 fully saturated rings. The number of hydrogen-bond acceptors (Lipinski definition) is 2. The predicted molar refractivity (Wildman–Crippen MR) is 86.4 cm³/mol. The number of rotatable bonds is 6. The van der Waals surface area contributed by atoms with E-state index in [9.17, 15) is 4.79 Å². The smallest absolute Gasteiger partial charge is 0.310 e. The van der Waals surface area contributed by atoms with E-state index in [1.165, 1.54) is 12.1 Å². The first-order valence-corrected chi connectivity index (χ1v) is 11.5. The second-order valence-corrected chi connectivity index (χ2v) is 13.6. The minimum Gasteiger partial charge on any atom is -0.459 e. The van der Waals surface area contributed by atoms with Crippen LogP contribution in [-0.2, 0) is 9.53 Å². The Hall–Kier alpha value is -0.573. The van der Waals surface area contributed by atoms with Gasteiger partial charge in [-0.3, -0.25) is 4.79 Å². The molecule has 2 aliphatic carbocycles. The van der Waals surface area contributed by atoms with E-state index in [1.807, 2.05) is 0 Å². The molecule has 0 aromatic rings. The molecule has 2 rings (SSSR count). The van der Waals surface area contributed by atoms with Crippen molar-refractivity contribution in [3.63, 3.8) is 0 Å². The van der Waals surface area contributed by atoms with Crippen LogP contribution in [0, 0.1) is 17.8 Å². The van der Waals surface area contributed by atoms with Crippen molar-refractivity contribution < 1.29 is 9.53 Å². The zero-order valence-corrected chi connectivity index (χ0v) is 14.7. The fraction of sp³-hybridized carbons (Fsp3) is 0.824. The van der Waals surface area contributed by atoms with Crippen LogP contribution in [0.3, 0.4) is 0 Å². The monoisotopic (exact) mass is 294 g/mol. The van der Waals surface area contributed by atoms with Crippen LogP contribution in [0.4, 0.5) is 0 Å². The third-order valence-electron chi connectivity index (χ3n) is 5.32. The number of ether oxygens (including phenoxy) is 1. The van der Waals surface area contributed by atoms with Crippen molar-refractivity contribution in [1.29, 1.82) is 0 Å². The highest BCUT2D eigenvalue weighted by Gasteiger charge is 2.42. The van der Waals surface area contributed by atoms with E-state index in [0.717, 1.165) is 19.3 Å². The van der Waals surface area contributed by atoms with E-state index in [1.54, 1.807) is 0 Å². The summed E-state index contributed by atoms with van der Waals surface area (Å²) >= 11 is 0. The van der Waals surface area contributed by atoms with Crippen molar-refractivity contribution in [1.82, 2.24) is 0 Å². The van der Waals surface area contributed by atoms with Crippen LogP contribution in [0.5, 0.6) is 0 Å². The summed E-state index contributed by atoms with van der Waals surface area (Å²) in [6.07, 6.45) is 7.67. The van der Waals surface area contributed by atoms with Gasteiger partial charge < -0.3 is 4.74 Å². The lowest BCUT2D eigenvalue weighted by Gasteiger charge is -2.31. The molecule has 0 aliphatic heterocycles. The first-order valence-electron chi connectivity index (χ1n) is 8.14. The molecule has 2 aliphatic rings. The second kappa shape index (κ2) is 5.67. The van der Waals surface area contributed by atoms with E-state index < -0.39 is 8.07 Å². The quantitative estimate of drug-likeness (QED) is 0.405. The molecule has 0 heterocycles. The fourth-order valence-electron chi connectivity index (χ4n) is 3.27. The van der Waals surface area contributed by atoms with Crippen LogP contribution in [0.2, 0.25) is 25.2 Å². The molecule has 0 amide bonds.